The van der Waals surface area contributed by atoms with E-state index >= 15 is 0 Å². The van der Waals surface area contributed by atoms with Gasteiger partial charge in [-0.1, -0.05) is 28.1 Å². The summed E-state index contributed by atoms with van der Waals surface area (Å²) >= 11 is 3.31. The average molecular weight is 441 g/mol. The fourth-order valence-electron chi connectivity index (χ4n) is 2.32. The molecule has 3 aromatic rings. The molecule has 1 heterocycles. The predicted molar refractivity (Wildman–Crippen MR) is 108 cm³/mol. The summed E-state index contributed by atoms with van der Waals surface area (Å²) in [7, 11) is 0. The van der Waals surface area contributed by atoms with Crippen LogP contribution in [0.4, 0.5) is 10.1 Å². The quantitative estimate of drug-likeness (QED) is 0.464. The highest BCUT2D eigenvalue weighted by Crippen LogP contribution is 2.22. The molecule has 0 unspecified atom stereocenters. The fourth-order valence-corrected chi connectivity index (χ4v) is 2.68. The van der Waals surface area contributed by atoms with E-state index in [1.54, 1.807) is 42.5 Å². The summed E-state index contributed by atoms with van der Waals surface area (Å²) in [5.74, 6) is -1.30. The van der Waals surface area contributed by atoms with Crippen molar-refractivity contribution >= 4 is 39.6 Å². The van der Waals surface area contributed by atoms with Crippen molar-refractivity contribution in [1.82, 2.24) is 10.4 Å². The molecule has 6 nitrogen and oxygen atoms in total. The maximum Gasteiger partial charge on any atom is 0.273 e. The van der Waals surface area contributed by atoms with E-state index in [0.717, 1.165) is 0 Å². The smallest absolute Gasteiger partial charge is 0.273 e. The Morgan fingerprint density at radius 1 is 1.04 bits per heavy atom. The second-order valence-electron chi connectivity index (χ2n) is 5.63. The minimum absolute atomic E-state index is 0.216. The molecule has 0 aliphatic heterocycles. The number of aromatic nitrogens is 1. The first-order valence-electron chi connectivity index (χ1n) is 8.13. The van der Waals surface area contributed by atoms with Crippen LogP contribution in [-0.2, 0) is 0 Å². The van der Waals surface area contributed by atoms with Gasteiger partial charge in [0.15, 0.2) is 0 Å². The Balaban J connectivity index is 1.76. The molecule has 2 N–H and O–H groups in total. The molecule has 1 aromatic heterocycles. The van der Waals surface area contributed by atoms with Gasteiger partial charge >= 0.3 is 0 Å². The summed E-state index contributed by atoms with van der Waals surface area (Å²) in [6.07, 6.45) is 4.34. The second-order valence-corrected chi connectivity index (χ2v) is 6.55. The zero-order valence-corrected chi connectivity index (χ0v) is 16.0. The van der Waals surface area contributed by atoms with Crippen molar-refractivity contribution in [2.75, 3.05) is 5.32 Å². The predicted octanol–water partition coefficient (Wildman–Crippen LogP) is 4.00. The minimum atomic E-state index is -0.529. The number of pyridine rings is 1. The molecule has 0 aliphatic carbocycles. The van der Waals surface area contributed by atoms with Gasteiger partial charge in [0.2, 0.25) is 0 Å². The third-order valence-corrected chi connectivity index (χ3v) is 4.14. The Kier molecular flexibility index (Phi) is 6.23. The van der Waals surface area contributed by atoms with Crippen molar-refractivity contribution in [3.63, 3.8) is 0 Å². The van der Waals surface area contributed by atoms with Gasteiger partial charge in [0.1, 0.15) is 5.82 Å². The van der Waals surface area contributed by atoms with Crippen molar-refractivity contribution in [2.45, 2.75) is 0 Å². The van der Waals surface area contributed by atoms with E-state index in [-0.39, 0.29) is 11.5 Å². The molecular formula is C20H14BrFN4O2. The van der Waals surface area contributed by atoms with Crippen molar-refractivity contribution in [1.29, 1.82) is 0 Å². The molecule has 0 fully saturated rings. The molecular weight excluding hydrogens is 427 g/mol. The number of amides is 2. The summed E-state index contributed by atoms with van der Waals surface area (Å²) in [4.78, 5) is 28.7. The zero-order valence-electron chi connectivity index (χ0n) is 14.4. The van der Waals surface area contributed by atoms with Crippen LogP contribution in [0.3, 0.4) is 0 Å². The molecule has 2 amide bonds. The van der Waals surface area contributed by atoms with Crippen LogP contribution in [0.5, 0.6) is 0 Å². The van der Waals surface area contributed by atoms with Crippen LogP contribution in [0.15, 0.2) is 76.6 Å². The van der Waals surface area contributed by atoms with E-state index in [4.69, 9.17) is 0 Å². The maximum atomic E-state index is 13.2. The van der Waals surface area contributed by atoms with Gasteiger partial charge < -0.3 is 5.32 Å². The van der Waals surface area contributed by atoms with E-state index in [0.29, 0.717) is 21.3 Å². The molecule has 0 bridgehead atoms. The highest BCUT2D eigenvalue weighted by Gasteiger charge is 2.15. The Hall–Kier alpha value is -3.39. The SMILES string of the molecule is O=C(Nc1ccc(Br)cc1C(=O)N/N=C/c1cccc(F)c1)c1ccncc1. The molecule has 0 atom stereocenters. The third-order valence-electron chi connectivity index (χ3n) is 3.65. The van der Waals surface area contributed by atoms with Gasteiger partial charge in [0.25, 0.3) is 11.8 Å². The van der Waals surface area contributed by atoms with Gasteiger partial charge in [-0.25, -0.2) is 9.82 Å². The van der Waals surface area contributed by atoms with Crippen molar-refractivity contribution in [3.05, 3.63) is 94.0 Å². The molecule has 140 valence electrons. The number of nitrogens with one attached hydrogen (secondary N) is 2. The van der Waals surface area contributed by atoms with E-state index in [2.05, 4.69) is 36.8 Å². The minimum Gasteiger partial charge on any atom is -0.321 e. The third kappa shape index (κ3) is 5.08. The molecule has 0 spiro atoms. The van der Waals surface area contributed by atoms with Crippen LogP contribution < -0.4 is 10.7 Å². The first kappa shape index (κ1) is 19.4. The molecule has 28 heavy (non-hydrogen) atoms. The molecule has 0 radical (unpaired) electrons. The summed E-state index contributed by atoms with van der Waals surface area (Å²) < 4.78 is 13.8. The summed E-state index contributed by atoms with van der Waals surface area (Å²) in [6.45, 7) is 0. The monoisotopic (exact) mass is 440 g/mol. The standard InChI is InChI=1S/C20H14BrFN4O2/c21-15-4-5-18(25-19(27)14-6-8-23-9-7-14)17(11-15)20(28)26-24-12-13-2-1-3-16(22)10-13/h1-12H,(H,25,27)(H,26,28)/b24-12+. The molecule has 0 saturated heterocycles. The highest BCUT2D eigenvalue weighted by molar-refractivity contribution is 9.10. The van der Waals surface area contributed by atoms with Crippen LogP contribution in [0, 0.1) is 5.82 Å². The van der Waals surface area contributed by atoms with Crippen LogP contribution in [0.1, 0.15) is 26.3 Å². The van der Waals surface area contributed by atoms with Gasteiger partial charge in [0, 0.05) is 22.4 Å². The largest absolute Gasteiger partial charge is 0.321 e. The molecule has 2 aromatic carbocycles. The number of halogens is 2. The van der Waals surface area contributed by atoms with E-state index in [1.807, 2.05) is 0 Å². The van der Waals surface area contributed by atoms with E-state index in [9.17, 15) is 14.0 Å². The number of anilines is 1. The Morgan fingerprint density at radius 2 is 1.82 bits per heavy atom. The molecule has 3 rings (SSSR count). The highest BCUT2D eigenvalue weighted by atomic mass is 79.9. The summed E-state index contributed by atoms with van der Waals surface area (Å²) in [6, 6.07) is 13.8. The normalized spacial score (nSPS) is 10.6. The van der Waals surface area contributed by atoms with Gasteiger partial charge in [-0.15, -0.1) is 0 Å². The van der Waals surface area contributed by atoms with Crippen molar-refractivity contribution in [3.8, 4) is 0 Å². The van der Waals surface area contributed by atoms with Crippen molar-refractivity contribution in [2.24, 2.45) is 5.10 Å². The lowest BCUT2D eigenvalue weighted by Crippen LogP contribution is -2.21. The Labute approximate surface area is 168 Å². The summed E-state index contributed by atoms with van der Waals surface area (Å²) in [5.41, 5.74) is 3.82. The number of carbonyl (C=O) groups is 2. The van der Waals surface area contributed by atoms with Crippen LogP contribution >= 0.6 is 15.9 Å². The number of carbonyl (C=O) groups excluding carboxylic acids is 2. The number of nitrogens with zero attached hydrogens (tertiary/aromatic N) is 2. The number of rotatable bonds is 5. The first-order valence-corrected chi connectivity index (χ1v) is 8.92. The number of hydrogen-bond acceptors (Lipinski definition) is 4. The van der Waals surface area contributed by atoms with Gasteiger partial charge in [-0.2, -0.15) is 5.10 Å². The number of hydrogen-bond donors (Lipinski definition) is 2. The summed E-state index contributed by atoms with van der Waals surface area (Å²) in [5, 5.41) is 6.54. The second kappa shape index (κ2) is 9.01. The fraction of sp³-hybridized carbons (Fsp3) is 0. The maximum absolute atomic E-state index is 13.2. The Morgan fingerprint density at radius 3 is 2.57 bits per heavy atom. The zero-order chi connectivity index (χ0) is 19.9. The lowest BCUT2D eigenvalue weighted by atomic mass is 10.1. The van der Waals surface area contributed by atoms with Crippen LogP contribution in [0.25, 0.3) is 0 Å². The molecule has 0 aliphatic rings. The van der Waals surface area contributed by atoms with Crippen LogP contribution in [0.2, 0.25) is 0 Å². The topological polar surface area (TPSA) is 83.5 Å². The van der Waals surface area contributed by atoms with Gasteiger partial charge in [-0.05, 0) is 48.0 Å². The number of hydrazone groups is 1. The Bertz CT molecular complexity index is 1040. The lowest BCUT2D eigenvalue weighted by Gasteiger charge is -2.10. The van der Waals surface area contributed by atoms with Gasteiger partial charge in [-0.3, -0.25) is 14.6 Å². The van der Waals surface area contributed by atoms with Crippen LogP contribution in [-0.4, -0.2) is 23.0 Å². The average Bonchev–Trinajstić information content (AvgIpc) is 2.70. The van der Waals surface area contributed by atoms with Crippen molar-refractivity contribution < 1.29 is 14.0 Å². The lowest BCUT2D eigenvalue weighted by molar-refractivity contribution is 0.0956. The molecule has 0 saturated carbocycles. The molecule has 8 heteroatoms. The number of benzene rings is 2. The van der Waals surface area contributed by atoms with E-state index < -0.39 is 11.7 Å². The van der Waals surface area contributed by atoms with Gasteiger partial charge in [0.05, 0.1) is 17.5 Å². The van der Waals surface area contributed by atoms with E-state index in [1.165, 1.54) is 30.7 Å². The first-order chi connectivity index (χ1) is 13.5.